The summed E-state index contributed by atoms with van der Waals surface area (Å²) in [5.74, 6) is -2.48. The number of hydrogen-bond donors (Lipinski definition) is 0. The van der Waals surface area contributed by atoms with Gasteiger partial charge in [0.1, 0.15) is 5.75 Å². The van der Waals surface area contributed by atoms with Crippen molar-refractivity contribution in [2.45, 2.75) is 12.8 Å². The quantitative estimate of drug-likeness (QED) is 0.581. The minimum absolute atomic E-state index is 0.00750. The molecule has 0 radical (unpaired) electrons. The summed E-state index contributed by atoms with van der Waals surface area (Å²) in [4.78, 5) is 0. The van der Waals surface area contributed by atoms with Gasteiger partial charge >= 0.3 is 5.92 Å². The third-order valence-corrected chi connectivity index (χ3v) is 1.94. The van der Waals surface area contributed by atoms with Crippen LogP contribution in [-0.4, -0.2) is 6.61 Å². The van der Waals surface area contributed by atoms with E-state index in [1.54, 1.807) is 12.1 Å². The number of aryl methyl sites for hydroxylation is 1. The summed E-state index contributed by atoms with van der Waals surface area (Å²) in [6.45, 7) is 1.33. The fraction of sp³-hybridized carbons (Fsp3) is 0.333. The first kappa shape index (κ1) is 7.53. The van der Waals surface area contributed by atoms with Crippen LogP contribution in [0.3, 0.4) is 0 Å². The lowest BCUT2D eigenvalue weighted by Gasteiger charge is -2.05. The second kappa shape index (κ2) is 2.19. The highest BCUT2D eigenvalue weighted by molar-refractivity contribution is 5.42. The molecule has 1 aromatic carbocycles. The molecule has 1 heterocycles. The SMILES string of the molecule is Cc1ccc2c(c1)OCC2(F)F. The van der Waals surface area contributed by atoms with Gasteiger partial charge in [-0.3, -0.25) is 0 Å². The zero-order valence-corrected chi connectivity index (χ0v) is 6.60. The molecule has 12 heavy (non-hydrogen) atoms. The molecule has 0 aromatic heterocycles. The lowest BCUT2D eigenvalue weighted by atomic mass is 10.1. The Labute approximate surface area is 69.0 Å². The zero-order valence-electron chi connectivity index (χ0n) is 6.60. The number of alkyl halides is 2. The first-order valence-electron chi connectivity index (χ1n) is 3.71. The van der Waals surface area contributed by atoms with E-state index in [2.05, 4.69) is 0 Å². The molecule has 0 saturated carbocycles. The molecular formula is C9H8F2O. The van der Waals surface area contributed by atoms with Gasteiger partial charge in [-0.15, -0.1) is 0 Å². The maximum atomic E-state index is 12.9. The van der Waals surface area contributed by atoms with Crippen molar-refractivity contribution >= 4 is 0 Å². The molecule has 3 heteroatoms. The smallest absolute Gasteiger partial charge is 0.310 e. The highest BCUT2D eigenvalue weighted by atomic mass is 19.3. The van der Waals surface area contributed by atoms with Crippen LogP contribution in [0, 0.1) is 6.92 Å². The van der Waals surface area contributed by atoms with Crippen molar-refractivity contribution in [1.29, 1.82) is 0 Å². The standard InChI is InChI=1S/C9H8F2O/c1-6-2-3-7-8(4-6)12-5-9(7,10)11/h2-4H,5H2,1H3. The van der Waals surface area contributed by atoms with E-state index in [4.69, 9.17) is 4.74 Å². The topological polar surface area (TPSA) is 9.23 Å². The highest BCUT2D eigenvalue weighted by Crippen LogP contribution is 2.41. The van der Waals surface area contributed by atoms with Crippen molar-refractivity contribution in [2.75, 3.05) is 6.61 Å². The van der Waals surface area contributed by atoms with E-state index in [0.717, 1.165) is 5.56 Å². The number of halogens is 2. The van der Waals surface area contributed by atoms with Crippen LogP contribution in [0.2, 0.25) is 0 Å². The van der Waals surface area contributed by atoms with Gasteiger partial charge in [0, 0.05) is 0 Å². The minimum atomic E-state index is -2.80. The molecule has 2 rings (SSSR count). The second-order valence-electron chi connectivity index (χ2n) is 2.99. The van der Waals surface area contributed by atoms with E-state index in [0.29, 0.717) is 5.75 Å². The summed E-state index contributed by atoms with van der Waals surface area (Å²) in [5.41, 5.74) is 0.944. The van der Waals surface area contributed by atoms with Gasteiger partial charge in [0.05, 0.1) is 5.56 Å². The van der Waals surface area contributed by atoms with Crippen LogP contribution in [0.15, 0.2) is 18.2 Å². The summed E-state index contributed by atoms with van der Waals surface area (Å²) in [7, 11) is 0. The van der Waals surface area contributed by atoms with Gasteiger partial charge in [-0.1, -0.05) is 6.07 Å². The third-order valence-electron chi connectivity index (χ3n) is 1.94. The molecule has 1 aliphatic rings. The molecule has 0 amide bonds. The van der Waals surface area contributed by atoms with E-state index >= 15 is 0 Å². The van der Waals surface area contributed by atoms with Gasteiger partial charge < -0.3 is 4.74 Å². The lowest BCUT2D eigenvalue weighted by Crippen LogP contribution is -2.14. The monoisotopic (exact) mass is 170 g/mol. The largest absolute Gasteiger partial charge is 0.486 e. The second-order valence-corrected chi connectivity index (χ2v) is 2.99. The van der Waals surface area contributed by atoms with Crippen molar-refractivity contribution in [3.8, 4) is 5.75 Å². The van der Waals surface area contributed by atoms with Crippen molar-refractivity contribution in [3.05, 3.63) is 29.3 Å². The number of fused-ring (bicyclic) bond motifs is 1. The van der Waals surface area contributed by atoms with Crippen molar-refractivity contribution in [1.82, 2.24) is 0 Å². The van der Waals surface area contributed by atoms with Gasteiger partial charge in [0.15, 0.2) is 6.61 Å². The predicted octanol–water partition coefficient (Wildman–Crippen LogP) is 2.48. The van der Waals surface area contributed by atoms with Crippen LogP contribution in [0.1, 0.15) is 11.1 Å². The Kier molecular flexibility index (Phi) is 1.37. The summed E-state index contributed by atoms with van der Waals surface area (Å²) in [6, 6.07) is 4.73. The number of hydrogen-bond acceptors (Lipinski definition) is 1. The Hall–Kier alpha value is -1.12. The van der Waals surface area contributed by atoms with E-state index in [1.807, 2.05) is 6.92 Å². The molecule has 0 atom stereocenters. The predicted molar refractivity (Wildman–Crippen MR) is 40.6 cm³/mol. The Morgan fingerprint density at radius 1 is 1.42 bits per heavy atom. The van der Waals surface area contributed by atoms with Crippen molar-refractivity contribution in [2.24, 2.45) is 0 Å². The molecule has 0 N–H and O–H groups in total. The van der Waals surface area contributed by atoms with Crippen LogP contribution >= 0.6 is 0 Å². The van der Waals surface area contributed by atoms with Gasteiger partial charge in [-0.2, -0.15) is 8.78 Å². The fourth-order valence-electron chi connectivity index (χ4n) is 1.30. The number of benzene rings is 1. The molecule has 0 bridgehead atoms. The zero-order chi connectivity index (χ0) is 8.77. The van der Waals surface area contributed by atoms with Gasteiger partial charge in [0.25, 0.3) is 0 Å². The normalized spacial score (nSPS) is 18.6. The third kappa shape index (κ3) is 0.967. The fourth-order valence-corrected chi connectivity index (χ4v) is 1.30. The van der Waals surface area contributed by atoms with Crippen LogP contribution in [0.25, 0.3) is 0 Å². The molecule has 0 unspecified atom stereocenters. The van der Waals surface area contributed by atoms with E-state index in [1.165, 1.54) is 6.07 Å². The maximum absolute atomic E-state index is 12.9. The van der Waals surface area contributed by atoms with E-state index in [9.17, 15) is 8.78 Å². The average molecular weight is 170 g/mol. The molecule has 1 nitrogen and oxygen atoms in total. The number of rotatable bonds is 0. The summed E-state index contributed by atoms with van der Waals surface area (Å²) in [5, 5.41) is 0. The first-order chi connectivity index (χ1) is 5.59. The van der Waals surface area contributed by atoms with Gasteiger partial charge in [-0.25, -0.2) is 0 Å². The molecule has 1 aliphatic heterocycles. The maximum Gasteiger partial charge on any atom is 0.310 e. The Bertz CT molecular complexity index is 320. The Morgan fingerprint density at radius 2 is 2.17 bits per heavy atom. The average Bonchev–Trinajstić information content (AvgIpc) is 2.27. The summed E-state index contributed by atoms with van der Waals surface area (Å²) in [6.07, 6.45) is 0. The van der Waals surface area contributed by atoms with Crippen LogP contribution in [-0.2, 0) is 5.92 Å². The van der Waals surface area contributed by atoms with Crippen LogP contribution < -0.4 is 4.74 Å². The Morgan fingerprint density at radius 3 is 2.92 bits per heavy atom. The van der Waals surface area contributed by atoms with E-state index in [-0.39, 0.29) is 5.56 Å². The van der Waals surface area contributed by atoms with Gasteiger partial charge in [-0.05, 0) is 24.6 Å². The van der Waals surface area contributed by atoms with Crippen molar-refractivity contribution < 1.29 is 13.5 Å². The molecule has 0 aliphatic carbocycles. The van der Waals surface area contributed by atoms with Crippen LogP contribution in [0.4, 0.5) is 8.78 Å². The highest BCUT2D eigenvalue weighted by Gasteiger charge is 2.41. The molecular weight excluding hydrogens is 162 g/mol. The van der Waals surface area contributed by atoms with E-state index < -0.39 is 12.5 Å². The molecule has 1 aromatic rings. The minimum Gasteiger partial charge on any atom is -0.486 e. The van der Waals surface area contributed by atoms with Crippen molar-refractivity contribution in [3.63, 3.8) is 0 Å². The molecule has 0 fully saturated rings. The number of ether oxygens (including phenoxy) is 1. The summed E-state index contributed by atoms with van der Waals surface area (Å²) >= 11 is 0. The Balaban J connectivity index is 2.55. The van der Waals surface area contributed by atoms with Gasteiger partial charge in [0.2, 0.25) is 0 Å². The molecule has 0 spiro atoms. The molecule has 0 saturated heterocycles. The first-order valence-corrected chi connectivity index (χ1v) is 3.71. The molecule has 64 valence electrons. The lowest BCUT2D eigenvalue weighted by molar-refractivity contribution is -0.0213. The van der Waals surface area contributed by atoms with Crippen LogP contribution in [0.5, 0.6) is 5.75 Å². The summed E-state index contributed by atoms with van der Waals surface area (Å²) < 4.78 is 30.7.